The number of aryl methyl sites for hydroxylation is 1. The number of fused-ring (bicyclic) bond motifs is 1. The Hall–Kier alpha value is -2.84. The molecule has 0 saturated heterocycles. The van der Waals surface area contributed by atoms with E-state index in [2.05, 4.69) is 15.3 Å². The second kappa shape index (κ2) is 6.81. The van der Waals surface area contributed by atoms with Gasteiger partial charge in [0, 0.05) is 11.8 Å². The summed E-state index contributed by atoms with van der Waals surface area (Å²) in [7, 11) is 0. The highest BCUT2D eigenvalue weighted by atomic mass is 32.1. The van der Waals surface area contributed by atoms with E-state index in [1.807, 2.05) is 42.6 Å². The monoisotopic (exact) mass is 382 g/mol. The molecule has 0 unspecified atom stereocenters. The van der Waals surface area contributed by atoms with Gasteiger partial charge in [-0.05, 0) is 36.6 Å². The zero-order chi connectivity index (χ0) is 18.1. The van der Waals surface area contributed by atoms with E-state index in [-0.39, 0.29) is 18.0 Å². The van der Waals surface area contributed by atoms with Gasteiger partial charge in [-0.15, -0.1) is 22.7 Å². The van der Waals surface area contributed by atoms with Crippen molar-refractivity contribution < 1.29 is 4.79 Å². The summed E-state index contributed by atoms with van der Waals surface area (Å²) in [6.07, 6.45) is 1.41. The van der Waals surface area contributed by atoms with E-state index in [4.69, 9.17) is 0 Å². The van der Waals surface area contributed by atoms with Gasteiger partial charge in [-0.1, -0.05) is 6.07 Å². The van der Waals surface area contributed by atoms with Gasteiger partial charge < -0.3 is 5.32 Å². The van der Waals surface area contributed by atoms with Crippen LogP contribution in [0.15, 0.2) is 52.9 Å². The Kier molecular flexibility index (Phi) is 4.36. The number of amides is 1. The van der Waals surface area contributed by atoms with Crippen molar-refractivity contribution in [2.24, 2.45) is 0 Å². The third kappa shape index (κ3) is 3.42. The molecule has 130 valence electrons. The molecule has 0 aliphatic heterocycles. The van der Waals surface area contributed by atoms with E-state index in [1.54, 1.807) is 11.3 Å². The van der Waals surface area contributed by atoms with Gasteiger partial charge in [-0.25, -0.2) is 9.97 Å². The topological polar surface area (TPSA) is 76.9 Å². The highest BCUT2D eigenvalue weighted by molar-refractivity contribution is 7.18. The summed E-state index contributed by atoms with van der Waals surface area (Å²) in [5.74, 6) is -0.288. The molecule has 0 atom stereocenters. The molecule has 0 saturated carbocycles. The molecule has 26 heavy (non-hydrogen) atoms. The summed E-state index contributed by atoms with van der Waals surface area (Å²) >= 11 is 3.12. The van der Waals surface area contributed by atoms with E-state index < -0.39 is 0 Å². The second-order valence-corrected chi connectivity index (χ2v) is 7.86. The van der Waals surface area contributed by atoms with Gasteiger partial charge in [-0.2, -0.15) is 0 Å². The largest absolute Gasteiger partial charge is 0.324 e. The standard InChI is InChI=1S/C18H14N4O2S2/c1-11-20-14-7-12(4-5-16(14)26-11)21-17(23)9-22-10-19-13(8-18(22)24)15-3-2-6-25-15/h2-8,10H,9H2,1H3,(H,21,23). The quantitative estimate of drug-likeness (QED) is 0.586. The minimum atomic E-state index is -0.288. The number of carbonyl (C=O) groups excluding carboxylic acids is 1. The van der Waals surface area contributed by atoms with Gasteiger partial charge in [-0.3, -0.25) is 14.2 Å². The average Bonchev–Trinajstić information content (AvgIpc) is 3.25. The summed E-state index contributed by atoms with van der Waals surface area (Å²) in [5.41, 5.74) is 1.86. The molecule has 0 bridgehead atoms. The maximum absolute atomic E-state index is 12.3. The highest BCUT2D eigenvalue weighted by Gasteiger charge is 2.09. The minimum Gasteiger partial charge on any atom is -0.324 e. The van der Waals surface area contributed by atoms with Crippen LogP contribution in [0.4, 0.5) is 5.69 Å². The summed E-state index contributed by atoms with van der Waals surface area (Å²) in [5, 5.41) is 5.71. The van der Waals surface area contributed by atoms with Gasteiger partial charge >= 0.3 is 0 Å². The number of hydrogen-bond acceptors (Lipinski definition) is 6. The summed E-state index contributed by atoms with van der Waals surface area (Å²) in [4.78, 5) is 34.1. The molecule has 4 aromatic rings. The number of anilines is 1. The highest BCUT2D eigenvalue weighted by Crippen LogP contribution is 2.24. The van der Waals surface area contributed by atoms with Crippen molar-refractivity contribution in [1.29, 1.82) is 0 Å². The first-order valence-corrected chi connectivity index (χ1v) is 9.55. The normalized spacial score (nSPS) is 11.0. The van der Waals surface area contributed by atoms with E-state index in [9.17, 15) is 9.59 Å². The van der Waals surface area contributed by atoms with Crippen molar-refractivity contribution in [3.05, 3.63) is 63.5 Å². The molecule has 0 radical (unpaired) electrons. The van der Waals surface area contributed by atoms with Gasteiger partial charge in [0.05, 0.1) is 32.1 Å². The number of hydrogen-bond donors (Lipinski definition) is 1. The summed E-state index contributed by atoms with van der Waals surface area (Å²) < 4.78 is 2.36. The van der Waals surface area contributed by atoms with E-state index in [1.165, 1.54) is 28.3 Å². The first-order valence-electron chi connectivity index (χ1n) is 7.86. The number of thiazole rings is 1. The predicted octanol–water partition coefficient (Wildman–Crippen LogP) is 3.53. The molecule has 8 heteroatoms. The summed E-state index contributed by atoms with van der Waals surface area (Å²) in [6, 6.07) is 10.8. The number of carbonyl (C=O) groups is 1. The van der Waals surface area contributed by atoms with Crippen molar-refractivity contribution in [2.45, 2.75) is 13.5 Å². The van der Waals surface area contributed by atoms with Gasteiger partial charge in [0.15, 0.2) is 0 Å². The zero-order valence-electron chi connectivity index (χ0n) is 13.8. The molecule has 0 aliphatic rings. The van der Waals surface area contributed by atoms with E-state index >= 15 is 0 Å². The molecule has 0 aliphatic carbocycles. The van der Waals surface area contributed by atoms with Crippen LogP contribution < -0.4 is 10.9 Å². The Morgan fingerprint density at radius 1 is 1.27 bits per heavy atom. The lowest BCUT2D eigenvalue weighted by atomic mass is 10.3. The Labute approximate surface area is 156 Å². The first kappa shape index (κ1) is 16.6. The van der Waals surface area contributed by atoms with Crippen LogP contribution in [0.3, 0.4) is 0 Å². The van der Waals surface area contributed by atoms with Gasteiger partial charge in [0.1, 0.15) is 6.54 Å². The van der Waals surface area contributed by atoms with Crippen LogP contribution in [-0.2, 0) is 11.3 Å². The number of thiophene rings is 1. The zero-order valence-corrected chi connectivity index (χ0v) is 15.4. The third-order valence-corrected chi connectivity index (χ3v) is 5.59. The molecule has 0 fully saturated rings. The molecule has 6 nitrogen and oxygen atoms in total. The first-order chi connectivity index (χ1) is 12.6. The van der Waals surface area contributed by atoms with Crippen LogP contribution in [-0.4, -0.2) is 20.4 Å². The maximum Gasteiger partial charge on any atom is 0.254 e. The van der Waals surface area contributed by atoms with Crippen LogP contribution in [0.2, 0.25) is 0 Å². The lowest BCUT2D eigenvalue weighted by Crippen LogP contribution is -2.27. The number of nitrogens with zero attached hydrogens (tertiary/aromatic N) is 3. The summed E-state index contributed by atoms with van der Waals surface area (Å²) in [6.45, 7) is 1.85. The number of aromatic nitrogens is 3. The minimum absolute atomic E-state index is 0.0926. The Morgan fingerprint density at radius 2 is 2.15 bits per heavy atom. The molecule has 3 heterocycles. The third-order valence-electron chi connectivity index (χ3n) is 3.75. The van der Waals surface area contributed by atoms with E-state index in [0.29, 0.717) is 11.4 Å². The molecule has 1 N–H and O–H groups in total. The molecule has 3 aromatic heterocycles. The number of benzene rings is 1. The second-order valence-electron chi connectivity index (χ2n) is 5.68. The number of nitrogens with one attached hydrogen (secondary N) is 1. The molecule has 4 rings (SSSR count). The van der Waals surface area contributed by atoms with Crippen LogP contribution in [0.5, 0.6) is 0 Å². The molecular weight excluding hydrogens is 368 g/mol. The lowest BCUT2D eigenvalue weighted by molar-refractivity contribution is -0.116. The Balaban J connectivity index is 1.49. The predicted molar refractivity (Wildman–Crippen MR) is 105 cm³/mol. The van der Waals surface area contributed by atoms with Crippen LogP contribution in [0.25, 0.3) is 20.8 Å². The molecule has 0 spiro atoms. The van der Waals surface area contributed by atoms with Crippen LogP contribution in [0.1, 0.15) is 5.01 Å². The fraction of sp³-hybridized carbons (Fsp3) is 0.111. The van der Waals surface area contributed by atoms with Gasteiger partial charge in [0.25, 0.3) is 5.56 Å². The maximum atomic E-state index is 12.3. The van der Waals surface area contributed by atoms with Crippen LogP contribution in [0, 0.1) is 6.92 Å². The van der Waals surface area contributed by atoms with Crippen molar-refractivity contribution in [3.63, 3.8) is 0 Å². The Bertz CT molecular complexity index is 1150. The average molecular weight is 382 g/mol. The molecule has 1 aromatic carbocycles. The molecular formula is C18H14N4O2S2. The van der Waals surface area contributed by atoms with Gasteiger partial charge in [0.2, 0.25) is 5.91 Å². The molecule has 1 amide bonds. The number of rotatable bonds is 4. The van der Waals surface area contributed by atoms with Crippen molar-refractivity contribution in [1.82, 2.24) is 14.5 Å². The Morgan fingerprint density at radius 3 is 2.92 bits per heavy atom. The fourth-order valence-electron chi connectivity index (χ4n) is 2.58. The fourth-order valence-corrected chi connectivity index (χ4v) is 4.08. The van der Waals surface area contributed by atoms with Crippen molar-refractivity contribution in [2.75, 3.05) is 5.32 Å². The smallest absolute Gasteiger partial charge is 0.254 e. The van der Waals surface area contributed by atoms with Crippen LogP contribution >= 0.6 is 22.7 Å². The van der Waals surface area contributed by atoms with Crippen molar-refractivity contribution >= 4 is 44.5 Å². The SMILES string of the molecule is Cc1nc2cc(NC(=O)Cn3cnc(-c4cccs4)cc3=O)ccc2s1. The lowest BCUT2D eigenvalue weighted by Gasteiger charge is -2.07. The van der Waals surface area contributed by atoms with Crippen molar-refractivity contribution in [3.8, 4) is 10.6 Å². The van der Waals surface area contributed by atoms with E-state index in [0.717, 1.165) is 20.1 Å².